The fraction of sp³-hybridized carbons (Fsp3) is 0. The van der Waals surface area contributed by atoms with E-state index in [-0.39, 0.29) is 0 Å². The van der Waals surface area contributed by atoms with Crippen LogP contribution >= 0.6 is 0 Å². The first kappa shape index (κ1) is 12.1. The van der Waals surface area contributed by atoms with E-state index in [2.05, 4.69) is 0 Å². The quantitative estimate of drug-likeness (QED) is 0.719. The molecule has 0 aliphatic rings. The molecule has 5 heteroatoms. The minimum absolute atomic E-state index is 0.394. The standard InChI is InChI=1S/C12H8F2IO2/c13-9-5-7(1-3-11(9)16)15-8-2-4-12(17)10(14)6-8/h1-6,16-17H/q-1. The summed E-state index contributed by atoms with van der Waals surface area (Å²) >= 11 is -0.733. The Morgan fingerprint density at radius 2 is 1.18 bits per heavy atom. The number of rotatable bonds is 2. The summed E-state index contributed by atoms with van der Waals surface area (Å²) in [4.78, 5) is 0. The molecule has 2 N–H and O–H groups in total. The van der Waals surface area contributed by atoms with E-state index < -0.39 is 44.3 Å². The maximum atomic E-state index is 13.1. The summed E-state index contributed by atoms with van der Waals surface area (Å²) in [7, 11) is 0. The van der Waals surface area contributed by atoms with Crippen LogP contribution in [0.5, 0.6) is 11.5 Å². The molecule has 0 spiro atoms. The zero-order valence-corrected chi connectivity index (χ0v) is 10.6. The van der Waals surface area contributed by atoms with Crippen LogP contribution in [0.15, 0.2) is 36.4 Å². The molecular weight excluding hydrogens is 341 g/mol. The molecule has 0 aromatic heterocycles. The molecule has 0 unspecified atom stereocenters. The van der Waals surface area contributed by atoms with E-state index in [0.717, 1.165) is 7.14 Å². The third-order valence-corrected chi connectivity index (χ3v) is 4.63. The van der Waals surface area contributed by atoms with E-state index in [9.17, 15) is 8.78 Å². The van der Waals surface area contributed by atoms with Crippen LogP contribution in [0.3, 0.4) is 0 Å². The van der Waals surface area contributed by atoms with Crippen molar-refractivity contribution in [3.05, 3.63) is 55.2 Å². The van der Waals surface area contributed by atoms with Gasteiger partial charge in [0.15, 0.2) is 0 Å². The van der Waals surface area contributed by atoms with Crippen molar-refractivity contribution < 1.29 is 40.2 Å². The van der Waals surface area contributed by atoms with E-state index in [0.29, 0.717) is 0 Å². The van der Waals surface area contributed by atoms with E-state index in [4.69, 9.17) is 10.2 Å². The van der Waals surface area contributed by atoms with Crippen molar-refractivity contribution in [2.45, 2.75) is 0 Å². The van der Waals surface area contributed by atoms with Gasteiger partial charge in [0, 0.05) is 0 Å². The van der Waals surface area contributed by atoms with Gasteiger partial charge in [0.2, 0.25) is 0 Å². The molecule has 0 atom stereocenters. The minimum atomic E-state index is -0.733. The molecule has 0 amide bonds. The molecule has 0 fully saturated rings. The van der Waals surface area contributed by atoms with Crippen LogP contribution in [-0.4, -0.2) is 10.2 Å². The van der Waals surface area contributed by atoms with Gasteiger partial charge in [-0.1, -0.05) is 0 Å². The van der Waals surface area contributed by atoms with Crippen molar-refractivity contribution in [2.75, 3.05) is 0 Å². The van der Waals surface area contributed by atoms with Gasteiger partial charge in [-0.05, 0) is 0 Å². The summed E-state index contributed by atoms with van der Waals surface area (Å²) in [6, 6.07) is 8.26. The third kappa shape index (κ3) is 2.85. The maximum absolute atomic E-state index is 13.1. The van der Waals surface area contributed by atoms with Crippen molar-refractivity contribution in [2.24, 2.45) is 0 Å². The van der Waals surface area contributed by atoms with Crippen LogP contribution in [-0.2, 0) is 0 Å². The molecule has 0 aliphatic heterocycles. The first-order valence-corrected chi connectivity index (χ1v) is 6.84. The third-order valence-electron chi connectivity index (χ3n) is 2.04. The van der Waals surface area contributed by atoms with E-state index in [1.54, 1.807) is 12.1 Å². The molecule has 2 aromatic carbocycles. The van der Waals surface area contributed by atoms with Crippen LogP contribution < -0.4 is 21.2 Å². The molecule has 0 aliphatic carbocycles. The van der Waals surface area contributed by atoms with Gasteiger partial charge in [0.05, 0.1) is 0 Å². The summed E-state index contributed by atoms with van der Waals surface area (Å²) in [5.74, 6) is -2.15. The molecule has 0 heterocycles. The van der Waals surface area contributed by atoms with Gasteiger partial charge in [-0.3, -0.25) is 0 Å². The molecule has 2 nitrogen and oxygen atoms in total. The van der Waals surface area contributed by atoms with Crippen molar-refractivity contribution in [3.63, 3.8) is 0 Å². The number of phenolic OH excluding ortho intramolecular Hbond substituents is 2. The van der Waals surface area contributed by atoms with E-state index in [1.165, 1.54) is 24.3 Å². The number of phenols is 2. The van der Waals surface area contributed by atoms with E-state index in [1.807, 2.05) is 0 Å². The van der Waals surface area contributed by atoms with Gasteiger partial charge in [-0.15, -0.1) is 0 Å². The Morgan fingerprint density at radius 3 is 1.53 bits per heavy atom. The zero-order chi connectivity index (χ0) is 12.4. The predicted molar refractivity (Wildman–Crippen MR) is 53.5 cm³/mol. The fourth-order valence-electron chi connectivity index (χ4n) is 1.21. The van der Waals surface area contributed by atoms with Gasteiger partial charge >= 0.3 is 107 Å². The zero-order valence-electron chi connectivity index (χ0n) is 8.49. The summed E-state index contributed by atoms with van der Waals surface area (Å²) in [5.41, 5.74) is 0. The summed E-state index contributed by atoms with van der Waals surface area (Å²) in [6.07, 6.45) is 0. The average molecular weight is 349 g/mol. The number of benzene rings is 2. The van der Waals surface area contributed by atoms with Crippen molar-refractivity contribution in [1.29, 1.82) is 0 Å². The van der Waals surface area contributed by atoms with Crippen molar-refractivity contribution >= 4 is 0 Å². The van der Waals surface area contributed by atoms with Crippen molar-refractivity contribution in [3.8, 4) is 11.5 Å². The summed E-state index contributed by atoms with van der Waals surface area (Å²) in [5, 5.41) is 18.1. The molecule has 90 valence electrons. The van der Waals surface area contributed by atoms with Crippen molar-refractivity contribution in [1.82, 2.24) is 0 Å². The van der Waals surface area contributed by atoms with Crippen LogP contribution in [0.1, 0.15) is 0 Å². The predicted octanol–water partition coefficient (Wildman–Crippen LogP) is -0.496. The second-order valence-electron chi connectivity index (χ2n) is 3.29. The summed E-state index contributed by atoms with van der Waals surface area (Å²) in [6.45, 7) is 0. The second kappa shape index (κ2) is 4.87. The number of hydrogen-bond acceptors (Lipinski definition) is 2. The van der Waals surface area contributed by atoms with Gasteiger partial charge in [0.1, 0.15) is 0 Å². The summed E-state index contributed by atoms with van der Waals surface area (Å²) < 4.78 is 27.6. The van der Waals surface area contributed by atoms with Gasteiger partial charge < -0.3 is 0 Å². The molecule has 0 saturated heterocycles. The Morgan fingerprint density at radius 1 is 0.765 bits per heavy atom. The average Bonchev–Trinajstić information content (AvgIpc) is 2.29. The second-order valence-corrected chi connectivity index (χ2v) is 6.32. The molecule has 2 aromatic rings. The topological polar surface area (TPSA) is 40.5 Å². The van der Waals surface area contributed by atoms with Crippen LogP contribution in [0.4, 0.5) is 8.78 Å². The number of aromatic hydroxyl groups is 2. The fourth-order valence-corrected chi connectivity index (χ4v) is 3.50. The molecule has 0 radical (unpaired) electrons. The van der Waals surface area contributed by atoms with Crippen LogP contribution in [0.2, 0.25) is 0 Å². The van der Waals surface area contributed by atoms with Gasteiger partial charge in [-0.2, -0.15) is 0 Å². The Labute approximate surface area is 107 Å². The van der Waals surface area contributed by atoms with E-state index >= 15 is 0 Å². The Hall–Kier alpha value is -1.37. The molecule has 2 rings (SSSR count). The molecule has 0 saturated carbocycles. The normalized spacial score (nSPS) is 10.7. The first-order chi connectivity index (χ1) is 8.06. The van der Waals surface area contributed by atoms with Gasteiger partial charge in [0.25, 0.3) is 0 Å². The Bertz CT molecular complexity index is 509. The molecular formula is C12H8F2IO2-. The first-order valence-electron chi connectivity index (χ1n) is 4.68. The number of halogens is 3. The Balaban J connectivity index is 2.25. The molecule has 17 heavy (non-hydrogen) atoms. The van der Waals surface area contributed by atoms with Gasteiger partial charge in [-0.25, -0.2) is 0 Å². The van der Waals surface area contributed by atoms with Crippen LogP contribution in [0.25, 0.3) is 0 Å². The molecule has 0 bridgehead atoms. The number of hydrogen-bond donors (Lipinski definition) is 2. The monoisotopic (exact) mass is 349 g/mol. The van der Waals surface area contributed by atoms with Crippen LogP contribution in [0, 0.1) is 18.8 Å². The Kier molecular flexibility index (Phi) is 3.46. The SMILES string of the molecule is Oc1ccc([I-]c2ccc(O)c(F)c2)cc1F.